The van der Waals surface area contributed by atoms with Gasteiger partial charge >= 0.3 is 5.97 Å². The van der Waals surface area contributed by atoms with Crippen LogP contribution in [0.5, 0.6) is 0 Å². The van der Waals surface area contributed by atoms with E-state index in [2.05, 4.69) is 5.32 Å². The van der Waals surface area contributed by atoms with Gasteiger partial charge in [0, 0.05) is 11.4 Å². The second-order valence-corrected chi connectivity index (χ2v) is 5.75. The summed E-state index contributed by atoms with van der Waals surface area (Å²) in [7, 11) is 0. The maximum atomic E-state index is 11.8. The van der Waals surface area contributed by atoms with Crippen molar-refractivity contribution in [3.8, 4) is 0 Å². The smallest absolute Gasteiger partial charge is 0.326 e. The third-order valence-corrected chi connectivity index (χ3v) is 3.36. The van der Waals surface area contributed by atoms with Gasteiger partial charge in [-0.2, -0.15) is 0 Å². The van der Waals surface area contributed by atoms with Crippen molar-refractivity contribution in [2.24, 2.45) is 5.92 Å². The first kappa shape index (κ1) is 17.5. The van der Waals surface area contributed by atoms with Gasteiger partial charge in [0.15, 0.2) is 0 Å². The topological polar surface area (TPSA) is 86.6 Å². The normalized spacial score (nSPS) is 13.8. The fourth-order valence-electron chi connectivity index (χ4n) is 1.91. The number of hydrogen-bond acceptors (Lipinski definition) is 3. The van der Waals surface area contributed by atoms with E-state index in [4.69, 9.17) is 11.6 Å². The van der Waals surface area contributed by atoms with Gasteiger partial charge in [0.1, 0.15) is 12.1 Å². The first-order valence-corrected chi connectivity index (χ1v) is 7.13. The summed E-state index contributed by atoms with van der Waals surface area (Å²) < 4.78 is 0. The number of aliphatic hydroxyl groups is 1. The van der Waals surface area contributed by atoms with E-state index in [0.29, 0.717) is 10.6 Å². The first-order valence-electron chi connectivity index (χ1n) is 6.76. The highest BCUT2D eigenvalue weighted by molar-refractivity contribution is 6.31. The predicted molar refractivity (Wildman–Crippen MR) is 80.2 cm³/mol. The summed E-state index contributed by atoms with van der Waals surface area (Å²) in [5.74, 6) is -1.71. The summed E-state index contributed by atoms with van der Waals surface area (Å²) in [4.78, 5) is 23.1. The number of carboxylic acid groups (broad SMARTS) is 1. The Kier molecular flexibility index (Phi) is 6.65. The quantitative estimate of drug-likeness (QED) is 0.717. The zero-order valence-corrected chi connectivity index (χ0v) is 12.8. The van der Waals surface area contributed by atoms with Crippen molar-refractivity contribution in [3.05, 3.63) is 34.9 Å². The molecule has 6 heteroatoms. The van der Waals surface area contributed by atoms with Crippen LogP contribution in [0.1, 0.15) is 25.8 Å². The lowest BCUT2D eigenvalue weighted by molar-refractivity contribution is -0.143. The lowest BCUT2D eigenvalue weighted by Gasteiger charge is -2.18. The molecule has 0 spiro atoms. The molecule has 0 bridgehead atoms. The molecule has 0 fully saturated rings. The predicted octanol–water partition coefficient (Wildman–Crippen LogP) is 1.86. The van der Waals surface area contributed by atoms with Crippen LogP contribution >= 0.6 is 11.6 Å². The minimum absolute atomic E-state index is 0.0646. The number of aliphatic carboxylic acids is 1. The Morgan fingerprint density at radius 1 is 1.29 bits per heavy atom. The van der Waals surface area contributed by atoms with Gasteiger partial charge in [-0.3, -0.25) is 4.79 Å². The molecule has 0 aliphatic rings. The van der Waals surface area contributed by atoms with Gasteiger partial charge in [-0.1, -0.05) is 43.6 Å². The maximum Gasteiger partial charge on any atom is 0.326 e. The van der Waals surface area contributed by atoms with E-state index in [-0.39, 0.29) is 18.8 Å². The van der Waals surface area contributed by atoms with Crippen LogP contribution in [0.15, 0.2) is 24.3 Å². The van der Waals surface area contributed by atoms with Crippen LogP contribution in [0.25, 0.3) is 0 Å². The Bertz CT molecular complexity index is 504. The minimum Gasteiger partial charge on any atom is -0.480 e. The third-order valence-electron chi connectivity index (χ3n) is 2.99. The minimum atomic E-state index is -1.21. The summed E-state index contributed by atoms with van der Waals surface area (Å²) in [5.41, 5.74) is 0.630. The summed E-state index contributed by atoms with van der Waals surface area (Å²) in [6, 6.07) is 5.72. The van der Waals surface area contributed by atoms with Crippen LogP contribution < -0.4 is 5.32 Å². The molecule has 2 atom stereocenters. The summed E-state index contributed by atoms with van der Waals surface area (Å²) in [6.45, 7) is 3.74. The van der Waals surface area contributed by atoms with E-state index < -0.39 is 24.0 Å². The SMILES string of the molecule is CC(C)C[C@H](O)C(=O)N[C@@H](Cc1ccccc1Cl)C(=O)O. The number of hydrogen-bond donors (Lipinski definition) is 3. The molecular weight excluding hydrogens is 294 g/mol. The summed E-state index contributed by atoms with van der Waals surface area (Å²) in [5, 5.41) is 21.7. The number of amides is 1. The molecule has 0 aromatic heterocycles. The molecule has 1 rings (SSSR count). The van der Waals surface area contributed by atoms with Gasteiger partial charge in [0.2, 0.25) is 5.91 Å². The molecule has 116 valence electrons. The highest BCUT2D eigenvalue weighted by Gasteiger charge is 2.25. The zero-order valence-electron chi connectivity index (χ0n) is 12.0. The van der Waals surface area contributed by atoms with Gasteiger partial charge < -0.3 is 15.5 Å². The van der Waals surface area contributed by atoms with Crippen molar-refractivity contribution < 1.29 is 19.8 Å². The molecular formula is C15H20ClNO4. The zero-order chi connectivity index (χ0) is 16.0. The second-order valence-electron chi connectivity index (χ2n) is 5.34. The lowest BCUT2D eigenvalue weighted by Crippen LogP contribution is -2.47. The number of carbonyl (C=O) groups excluding carboxylic acids is 1. The third kappa shape index (κ3) is 5.73. The molecule has 1 aromatic carbocycles. The molecule has 1 aromatic rings. The number of benzene rings is 1. The first-order chi connectivity index (χ1) is 9.81. The molecule has 0 aliphatic carbocycles. The Morgan fingerprint density at radius 2 is 1.90 bits per heavy atom. The van der Waals surface area contributed by atoms with Crippen LogP contribution in [0.2, 0.25) is 5.02 Å². The van der Waals surface area contributed by atoms with E-state index in [9.17, 15) is 19.8 Å². The van der Waals surface area contributed by atoms with Crippen LogP contribution in [0, 0.1) is 5.92 Å². The Morgan fingerprint density at radius 3 is 2.43 bits per heavy atom. The molecule has 0 heterocycles. The van der Waals surface area contributed by atoms with Gasteiger partial charge in [0.25, 0.3) is 0 Å². The second kappa shape index (κ2) is 8.00. The number of carbonyl (C=O) groups is 2. The van der Waals surface area contributed by atoms with Crippen LogP contribution in [-0.2, 0) is 16.0 Å². The van der Waals surface area contributed by atoms with Crippen molar-refractivity contribution >= 4 is 23.5 Å². The van der Waals surface area contributed by atoms with E-state index in [0.717, 1.165) is 0 Å². The monoisotopic (exact) mass is 313 g/mol. The standard InChI is InChI=1S/C15H20ClNO4/c1-9(2)7-13(18)14(19)17-12(15(20)21)8-10-5-3-4-6-11(10)16/h3-6,9,12-13,18H,7-8H2,1-2H3,(H,17,19)(H,20,21)/t12-,13-/m0/s1. The summed E-state index contributed by atoms with van der Waals surface area (Å²) >= 11 is 5.99. The highest BCUT2D eigenvalue weighted by atomic mass is 35.5. The molecule has 0 saturated heterocycles. The molecule has 0 aliphatic heterocycles. The van der Waals surface area contributed by atoms with E-state index in [1.807, 2.05) is 13.8 Å². The molecule has 5 nitrogen and oxygen atoms in total. The van der Waals surface area contributed by atoms with Crippen LogP contribution in [0.4, 0.5) is 0 Å². The van der Waals surface area contributed by atoms with Crippen molar-refractivity contribution in [2.75, 3.05) is 0 Å². The Labute approximate surface area is 128 Å². The largest absolute Gasteiger partial charge is 0.480 e. The highest BCUT2D eigenvalue weighted by Crippen LogP contribution is 2.17. The number of carboxylic acids is 1. The maximum absolute atomic E-state index is 11.8. The van der Waals surface area contributed by atoms with E-state index in [1.54, 1.807) is 24.3 Å². The van der Waals surface area contributed by atoms with Crippen molar-refractivity contribution in [1.29, 1.82) is 0 Å². The van der Waals surface area contributed by atoms with Crippen molar-refractivity contribution in [1.82, 2.24) is 5.32 Å². The number of rotatable bonds is 7. The molecule has 1 amide bonds. The number of nitrogens with one attached hydrogen (secondary N) is 1. The van der Waals surface area contributed by atoms with Crippen molar-refractivity contribution in [3.63, 3.8) is 0 Å². The molecule has 21 heavy (non-hydrogen) atoms. The Hall–Kier alpha value is -1.59. The van der Waals surface area contributed by atoms with Crippen LogP contribution in [-0.4, -0.2) is 34.2 Å². The van der Waals surface area contributed by atoms with Crippen molar-refractivity contribution in [2.45, 2.75) is 38.8 Å². The fraction of sp³-hybridized carbons (Fsp3) is 0.467. The Balaban J connectivity index is 2.73. The fourth-order valence-corrected chi connectivity index (χ4v) is 2.12. The molecule has 0 saturated carbocycles. The lowest BCUT2D eigenvalue weighted by atomic mass is 10.0. The average molecular weight is 314 g/mol. The average Bonchev–Trinajstić information content (AvgIpc) is 2.39. The van der Waals surface area contributed by atoms with Gasteiger partial charge in [-0.25, -0.2) is 4.79 Å². The van der Waals surface area contributed by atoms with Gasteiger partial charge in [-0.05, 0) is 24.0 Å². The number of aliphatic hydroxyl groups excluding tert-OH is 1. The number of halogens is 1. The van der Waals surface area contributed by atoms with E-state index >= 15 is 0 Å². The molecule has 0 unspecified atom stereocenters. The molecule has 3 N–H and O–H groups in total. The van der Waals surface area contributed by atoms with Gasteiger partial charge in [0.05, 0.1) is 0 Å². The van der Waals surface area contributed by atoms with Crippen LogP contribution in [0.3, 0.4) is 0 Å². The summed E-state index contributed by atoms with van der Waals surface area (Å²) in [6.07, 6.45) is -0.863. The molecule has 0 radical (unpaired) electrons. The van der Waals surface area contributed by atoms with Gasteiger partial charge in [-0.15, -0.1) is 0 Å². The van der Waals surface area contributed by atoms with E-state index in [1.165, 1.54) is 0 Å².